The van der Waals surface area contributed by atoms with E-state index in [9.17, 15) is 4.79 Å². The Kier molecular flexibility index (Phi) is 6.14. The summed E-state index contributed by atoms with van der Waals surface area (Å²) in [6.45, 7) is 2.13. The summed E-state index contributed by atoms with van der Waals surface area (Å²) >= 11 is 5.99. The van der Waals surface area contributed by atoms with E-state index in [2.05, 4.69) is 10.6 Å². The lowest BCUT2D eigenvalue weighted by molar-refractivity contribution is 0.122. The second kappa shape index (κ2) is 8.10. The number of ether oxygens (including phenoxy) is 2. The Morgan fingerprint density at radius 2 is 2.24 bits per heavy atom. The van der Waals surface area contributed by atoms with Crippen molar-refractivity contribution in [1.82, 2.24) is 5.32 Å². The first-order chi connectivity index (χ1) is 10.2. The highest BCUT2D eigenvalue weighted by Crippen LogP contribution is 2.28. The molecule has 21 heavy (non-hydrogen) atoms. The van der Waals surface area contributed by atoms with Crippen molar-refractivity contribution in [2.24, 2.45) is 5.92 Å². The lowest BCUT2D eigenvalue weighted by Gasteiger charge is -2.09. The van der Waals surface area contributed by atoms with Crippen LogP contribution in [-0.4, -0.2) is 32.9 Å². The van der Waals surface area contributed by atoms with Crippen LogP contribution >= 0.6 is 11.6 Å². The summed E-state index contributed by atoms with van der Waals surface area (Å²) in [5.41, 5.74) is 0.628. The van der Waals surface area contributed by atoms with Crippen LogP contribution in [0.2, 0.25) is 5.02 Å². The second-order valence-corrected chi connectivity index (χ2v) is 5.51. The number of carbonyl (C=O) groups excluding carboxylic acids is 1. The van der Waals surface area contributed by atoms with Crippen LogP contribution in [-0.2, 0) is 4.74 Å². The number of carbonyl (C=O) groups is 1. The monoisotopic (exact) mass is 312 g/mol. The molecule has 2 N–H and O–H groups in total. The molecule has 0 saturated heterocycles. The van der Waals surface area contributed by atoms with Crippen molar-refractivity contribution in [3.63, 3.8) is 0 Å². The van der Waals surface area contributed by atoms with Crippen molar-refractivity contribution in [3.05, 3.63) is 23.2 Å². The Morgan fingerprint density at radius 3 is 2.90 bits per heavy atom. The molecule has 0 spiro atoms. The molecule has 5 nitrogen and oxygen atoms in total. The fourth-order valence-corrected chi connectivity index (χ4v) is 2.09. The molecule has 1 aromatic rings. The molecule has 1 aliphatic carbocycles. The Balaban J connectivity index is 1.60. The third-order valence-electron chi connectivity index (χ3n) is 3.21. The van der Waals surface area contributed by atoms with Gasteiger partial charge >= 0.3 is 6.03 Å². The maximum Gasteiger partial charge on any atom is 0.319 e. The van der Waals surface area contributed by atoms with Crippen LogP contribution in [0.4, 0.5) is 10.5 Å². The minimum atomic E-state index is -0.251. The van der Waals surface area contributed by atoms with Crippen molar-refractivity contribution in [2.75, 3.05) is 32.2 Å². The number of anilines is 1. The van der Waals surface area contributed by atoms with Gasteiger partial charge in [0.1, 0.15) is 5.75 Å². The van der Waals surface area contributed by atoms with Gasteiger partial charge in [-0.25, -0.2) is 4.79 Å². The number of hydrogen-bond acceptors (Lipinski definition) is 3. The first-order valence-electron chi connectivity index (χ1n) is 7.15. The Morgan fingerprint density at radius 1 is 1.43 bits per heavy atom. The largest absolute Gasteiger partial charge is 0.495 e. The number of rotatable bonds is 8. The van der Waals surface area contributed by atoms with E-state index < -0.39 is 0 Å². The second-order valence-electron chi connectivity index (χ2n) is 5.10. The number of nitrogens with one attached hydrogen (secondary N) is 2. The molecule has 0 unspecified atom stereocenters. The van der Waals surface area contributed by atoms with E-state index in [1.807, 2.05) is 0 Å². The first-order valence-corrected chi connectivity index (χ1v) is 7.53. The summed E-state index contributed by atoms with van der Waals surface area (Å²) in [6, 6.07) is 4.85. The van der Waals surface area contributed by atoms with Gasteiger partial charge in [0.25, 0.3) is 0 Å². The van der Waals surface area contributed by atoms with Gasteiger partial charge in [0.2, 0.25) is 0 Å². The fraction of sp³-hybridized carbons (Fsp3) is 0.533. The average molecular weight is 313 g/mol. The summed E-state index contributed by atoms with van der Waals surface area (Å²) in [6.07, 6.45) is 3.40. The smallest absolute Gasteiger partial charge is 0.319 e. The molecule has 0 bridgehead atoms. The van der Waals surface area contributed by atoms with Crippen LogP contribution in [0.5, 0.6) is 5.75 Å². The SMILES string of the molecule is COc1ccc(NC(=O)NCCCOCC2CC2)cc1Cl. The van der Waals surface area contributed by atoms with E-state index in [0.717, 1.165) is 18.9 Å². The predicted molar refractivity (Wildman–Crippen MR) is 83.2 cm³/mol. The third kappa shape index (κ3) is 5.81. The molecule has 0 atom stereocenters. The normalized spacial score (nSPS) is 13.8. The molecular formula is C15H21ClN2O3. The molecular weight excluding hydrogens is 292 g/mol. The topological polar surface area (TPSA) is 59.6 Å². The van der Waals surface area contributed by atoms with Gasteiger partial charge in [-0.15, -0.1) is 0 Å². The van der Waals surface area contributed by atoms with E-state index >= 15 is 0 Å². The van der Waals surface area contributed by atoms with E-state index in [-0.39, 0.29) is 6.03 Å². The van der Waals surface area contributed by atoms with Gasteiger partial charge < -0.3 is 20.1 Å². The number of amides is 2. The Labute approximate surface area is 130 Å². The lowest BCUT2D eigenvalue weighted by atomic mass is 10.3. The van der Waals surface area contributed by atoms with Gasteiger partial charge in [-0.05, 0) is 43.4 Å². The summed E-state index contributed by atoms with van der Waals surface area (Å²) < 4.78 is 10.6. The highest BCUT2D eigenvalue weighted by atomic mass is 35.5. The van der Waals surface area contributed by atoms with Crippen LogP contribution in [0.1, 0.15) is 19.3 Å². The first kappa shape index (κ1) is 15.9. The highest BCUT2D eigenvalue weighted by molar-refractivity contribution is 6.32. The Hall–Kier alpha value is -1.46. The van der Waals surface area contributed by atoms with Crippen molar-refractivity contribution < 1.29 is 14.3 Å². The van der Waals surface area contributed by atoms with Crippen LogP contribution < -0.4 is 15.4 Å². The number of urea groups is 1. The molecule has 2 amide bonds. The highest BCUT2D eigenvalue weighted by Gasteiger charge is 2.20. The molecule has 1 fully saturated rings. The van der Waals surface area contributed by atoms with Crippen LogP contribution in [0, 0.1) is 5.92 Å². The van der Waals surface area contributed by atoms with Crippen LogP contribution in [0.15, 0.2) is 18.2 Å². The molecule has 6 heteroatoms. The molecule has 1 saturated carbocycles. The molecule has 1 aromatic carbocycles. The van der Waals surface area contributed by atoms with Gasteiger partial charge in [0, 0.05) is 25.4 Å². The molecule has 0 heterocycles. The van der Waals surface area contributed by atoms with E-state index in [0.29, 0.717) is 29.6 Å². The average Bonchev–Trinajstić information content (AvgIpc) is 3.27. The predicted octanol–water partition coefficient (Wildman–Crippen LogP) is 3.29. The molecule has 0 aromatic heterocycles. The van der Waals surface area contributed by atoms with Gasteiger partial charge in [-0.1, -0.05) is 11.6 Å². The summed E-state index contributed by atoms with van der Waals surface area (Å²) in [4.78, 5) is 11.7. The van der Waals surface area contributed by atoms with Crippen LogP contribution in [0.3, 0.4) is 0 Å². The lowest BCUT2D eigenvalue weighted by Crippen LogP contribution is -2.30. The standard InChI is InChI=1S/C15H21ClN2O3/c1-20-14-6-5-12(9-13(14)16)18-15(19)17-7-2-8-21-10-11-3-4-11/h5-6,9,11H,2-4,7-8,10H2,1H3,(H2,17,18,19). The van der Waals surface area contributed by atoms with Gasteiger partial charge in [0.15, 0.2) is 0 Å². The van der Waals surface area contributed by atoms with Crippen molar-refractivity contribution >= 4 is 23.3 Å². The van der Waals surface area contributed by atoms with Crippen molar-refractivity contribution in [1.29, 1.82) is 0 Å². The van der Waals surface area contributed by atoms with E-state index in [1.165, 1.54) is 12.8 Å². The molecule has 0 aliphatic heterocycles. The molecule has 1 aliphatic rings. The number of halogens is 1. The molecule has 116 valence electrons. The van der Waals surface area contributed by atoms with Crippen molar-refractivity contribution in [3.8, 4) is 5.75 Å². The quantitative estimate of drug-likeness (QED) is 0.724. The number of hydrogen-bond donors (Lipinski definition) is 2. The molecule has 2 rings (SSSR count). The maximum atomic E-state index is 11.7. The summed E-state index contributed by atoms with van der Waals surface area (Å²) in [7, 11) is 1.55. The van der Waals surface area contributed by atoms with E-state index in [4.69, 9.17) is 21.1 Å². The molecule has 0 radical (unpaired) electrons. The number of benzene rings is 1. The van der Waals surface area contributed by atoms with Crippen molar-refractivity contribution in [2.45, 2.75) is 19.3 Å². The van der Waals surface area contributed by atoms with Crippen LogP contribution in [0.25, 0.3) is 0 Å². The minimum Gasteiger partial charge on any atom is -0.495 e. The maximum absolute atomic E-state index is 11.7. The number of methoxy groups -OCH3 is 1. The van der Waals surface area contributed by atoms with Gasteiger partial charge in [-0.2, -0.15) is 0 Å². The summed E-state index contributed by atoms with van der Waals surface area (Å²) in [5, 5.41) is 5.96. The Bertz CT molecular complexity index is 478. The zero-order valence-electron chi connectivity index (χ0n) is 12.2. The zero-order chi connectivity index (χ0) is 15.1. The third-order valence-corrected chi connectivity index (χ3v) is 3.51. The van der Waals surface area contributed by atoms with E-state index in [1.54, 1.807) is 25.3 Å². The zero-order valence-corrected chi connectivity index (χ0v) is 12.9. The summed E-state index contributed by atoms with van der Waals surface area (Å²) in [5.74, 6) is 1.36. The van der Waals surface area contributed by atoms with Gasteiger partial charge in [0.05, 0.1) is 12.1 Å². The van der Waals surface area contributed by atoms with Gasteiger partial charge in [-0.3, -0.25) is 0 Å². The fourth-order valence-electron chi connectivity index (χ4n) is 1.83. The minimum absolute atomic E-state index is 0.251.